The van der Waals surface area contributed by atoms with E-state index in [1.165, 1.54) is 42.5 Å². The molecular weight excluding hydrogens is 316 g/mol. The predicted octanol–water partition coefficient (Wildman–Crippen LogP) is 3.47. The highest BCUT2D eigenvalue weighted by Gasteiger charge is 2.09. The zero-order chi connectivity index (χ0) is 17.5. The molecule has 0 spiro atoms. The first kappa shape index (κ1) is 17.3. The summed E-state index contributed by atoms with van der Waals surface area (Å²) >= 11 is 0. The van der Waals surface area contributed by atoms with Crippen molar-refractivity contribution in [3.63, 3.8) is 0 Å². The summed E-state index contributed by atoms with van der Waals surface area (Å²) in [6, 6.07) is 9.86. The maximum Gasteiger partial charge on any atom is 0.331 e. The monoisotopic (exact) mass is 331 g/mol. The van der Waals surface area contributed by atoms with Gasteiger partial charge in [-0.15, -0.1) is 0 Å². The van der Waals surface area contributed by atoms with Gasteiger partial charge in [-0.1, -0.05) is 18.2 Å². The Balaban J connectivity index is 1.82. The lowest BCUT2D eigenvalue weighted by molar-refractivity contribution is -0.142. The number of amides is 1. The predicted molar refractivity (Wildman–Crippen MR) is 86.2 cm³/mol. The number of aryl methyl sites for hydroxylation is 1. The summed E-state index contributed by atoms with van der Waals surface area (Å²) in [5, 5.41) is 2.32. The molecule has 0 aliphatic carbocycles. The lowest BCUT2D eigenvalue weighted by Crippen LogP contribution is -2.20. The van der Waals surface area contributed by atoms with Gasteiger partial charge in [-0.2, -0.15) is 0 Å². The maximum atomic E-state index is 13.6. The minimum Gasteiger partial charge on any atom is -0.452 e. The highest BCUT2D eigenvalue weighted by molar-refractivity contribution is 5.94. The molecule has 1 N–H and O–H groups in total. The summed E-state index contributed by atoms with van der Waals surface area (Å²) in [5.74, 6) is -2.33. The number of ether oxygens (including phenoxy) is 1. The van der Waals surface area contributed by atoms with Crippen LogP contribution in [0.1, 0.15) is 11.1 Å². The van der Waals surface area contributed by atoms with Gasteiger partial charge < -0.3 is 10.1 Å². The van der Waals surface area contributed by atoms with Gasteiger partial charge >= 0.3 is 5.97 Å². The fourth-order valence-electron chi connectivity index (χ4n) is 1.83. The molecule has 2 aromatic carbocycles. The van der Waals surface area contributed by atoms with E-state index in [0.717, 1.165) is 11.6 Å². The third kappa shape index (κ3) is 5.31. The van der Waals surface area contributed by atoms with Gasteiger partial charge in [0.15, 0.2) is 6.61 Å². The van der Waals surface area contributed by atoms with Crippen molar-refractivity contribution >= 4 is 23.6 Å². The molecule has 1 amide bonds. The molecule has 24 heavy (non-hydrogen) atoms. The first-order chi connectivity index (χ1) is 11.4. The van der Waals surface area contributed by atoms with Crippen LogP contribution in [0, 0.1) is 18.6 Å². The zero-order valence-corrected chi connectivity index (χ0v) is 12.9. The minimum absolute atomic E-state index is 0.0171. The van der Waals surface area contributed by atoms with Crippen molar-refractivity contribution in [1.82, 2.24) is 0 Å². The van der Waals surface area contributed by atoms with Crippen molar-refractivity contribution in [3.05, 3.63) is 71.3 Å². The molecule has 0 bridgehead atoms. The highest BCUT2D eigenvalue weighted by atomic mass is 19.1. The van der Waals surface area contributed by atoms with Crippen LogP contribution in [-0.2, 0) is 14.3 Å². The van der Waals surface area contributed by atoms with Crippen molar-refractivity contribution < 1.29 is 23.1 Å². The summed E-state index contributed by atoms with van der Waals surface area (Å²) in [6.07, 6.45) is 2.55. The number of hydrogen-bond acceptors (Lipinski definition) is 3. The van der Waals surface area contributed by atoms with Gasteiger partial charge in [-0.25, -0.2) is 13.6 Å². The van der Waals surface area contributed by atoms with Crippen LogP contribution in [0.3, 0.4) is 0 Å². The van der Waals surface area contributed by atoms with E-state index in [1.807, 2.05) is 0 Å². The second kappa shape index (κ2) is 8.01. The summed E-state index contributed by atoms with van der Waals surface area (Å²) in [4.78, 5) is 23.2. The summed E-state index contributed by atoms with van der Waals surface area (Å²) in [7, 11) is 0. The SMILES string of the molecule is Cc1ccc(NC(=O)COC(=O)/C=C/c2ccc(F)cc2)c(F)c1. The van der Waals surface area contributed by atoms with Gasteiger partial charge in [0.1, 0.15) is 11.6 Å². The molecule has 0 saturated carbocycles. The molecule has 0 saturated heterocycles. The second-order valence-electron chi connectivity index (χ2n) is 5.02. The third-order valence-electron chi connectivity index (χ3n) is 3.03. The van der Waals surface area contributed by atoms with Crippen LogP contribution in [0.4, 0.5) is 14.5 Å². The number of esters is 1. The van der Waals surface area contributed by atoms with Crippen LogP contribution >= 0.6 is 0 Å². The van der Waals surface area contributed by atoms with Crippen LogP contribution in [-0.4, -0.2) is 18.5 Å². The standard InChI is InChI=1S/C18H15F2NO3/c1-12-2-8-16(15(20)10-12)21-17(22)11-24-18(23)9-5-13-3-6-14(19)7-4-13/h2-10H,11H2,1H3,(H,21,22)/b9-5+. The molecule has 0 fully saturated rings. The van der Waals surface area contributed by atoms with E-state index in [-0.39, 0.29) is 11.5 Å². The van der Waals surface area contributed by atoms with Crippen LogP contribution in [0.15, 0.2) is 48.5 Å². The van der Waals surface area contributed by atoms with Crippen LogP contribution < -0.4 is 5.32 Å². The number of anilines is 1. The molecule has 6 heteroatoms. The largest absolute Gasteiger partial charge is 0.452 e. The molecule has 0 radical (unpaired) electrons. The Kier molecular flexibility index (Phi) is 5.78. The van der Waals surface area contributed by atoms with Crippen molar-refractivity contribution in [2.45, 2.75) is 6.92 Å². The number of carbonyl (C=O) groups is 2. The Bertz CT molecular complexity index is 770. The molecule has 0 aliphatic heterocycles. The van der Waals surface area contributed by atoms with Crippen molar-refractivity contribution in [2.75, 3.05) is 11.9 Å². The fourth-order valence-corrected chi connectivity index (χ4v) is 1.83. The van der Waals surface area contributed by atoms with Gasteiger partial charge in [0.2, 0.25) is 0 Å². The molecule has 0 atom stereocenters. The van der Waals surface area contributed by atoms with Gasteiger partial charge in [0, 0.05) is 6.08 Å². The van der Waals surface area contributed by atoms with Crippen LogP contribution in [0.25, 0.3) is 6.08 Å². The normalized spacial score (nSPS) is 10.6. The maximum absolute atomic E-state index is 13.6. The Labute approximate surface area is 137 Å². The Morgan fingerprint density at radius 2 is 1.83 bits per heavy atom. The number of nitrogens with one attached hydrogen (secondary N) is 1. The molecule has 2 aromatic rings. The van der Waals surface area contributed by atoms with E-state index >= 15 is 0 Å². The van der Waals surface area contributed by atoms with Crippen molar-refractivity contribution in [2.24, 2.45) is 0 Å². The minimum atomic E-state index is -0.737. The Morgan fingerprint density at radius 1 is 1.12 bits per heavy atom. The molecule has 0 unspecified atom stereocenters. The fraction of sp³-hybridized carbons (Fsp3) is 0.111. The van der Waals surface area contributed by atoms with E-state index in [4.69, 9.17) is 4.74 Å². The van der Waals surface area contributed by atoms with E-state index in [9.17, 15) is 18.4 Å². The lowest BCUT2D eigenvalue weighted by atomic mass is 10.2. The number of carbonyl (C=O) groups excluding carboxylic acids is 2. The lowest BCUT2D eigenvalue weighted by Gasteiger charge is -2.07. The molecule has 0 aliphatic rings. The van der Waals surface area contributed by atoms with Gasteiger partial charge in [0.05, 0.1) is 5.69 Å². The van der Waals surface area contributed by atoms with Crippen LogP contribution in [0.5, 0.6) is 0 Å². The Morgan fingerprint density at radius 3 is 2.50 bits per heavy atom. The van der Waals surface area contributed by atoms with Crippen molar-refractivity contribution in [3.8, 4) is 0 Å². The smallest absolute Gasteiger partial charge is 0.331 e. The second-order valence-corrected chi connectivity index (χ2v) is 5.02. The van der Waals surface area contributed by atoms with Gasteiger partial charge in [0.25, 0.3) is 5.91 Å². The average Bonchev–Trinajstić information content (AvgIpc) is 2.55. The number of halogens is 2. The molecule has 0 heterocycles. The van der Waals surface area contributed by atoms with Crippen LogP contribution in [0.2, 0.25) is 0 Å². The molecule has 124 valence electrons. The highest BCUT2D eigenvalue weighted by Crippen LogP contribution is 2.15. The van der Waals surface area contributed by atoms with E-state index in [0.29, 0.717) is 5.56 Å². The van der Waals surface area contributed by atoms with Crippen molar-refractivity contribution in [1.29, 1.82) is 0 Å². The summed E-state index contributed by atoms with van der Waals surface area (Å²) < 4.78 is 31.1. The molecule has 4 nitrogen and oxygen atoms in total. The summed E-state index contributed by atoms with van der Waals surface area (Å²) in [5.41, 5.74) is 1.35. The number of benzene rings is 2. The van der Waals surface area contributed by atoms with E-state index < -0.39 is 24.3 Å². The van der Waals surface area contributed by atoms with Gasteiger partial charge in [-0.05, 0) is 48.4 Å². The first-order valence-corrected chi connectivity index (χ1v) is 7.10. The molecular formula is C18H15F2NO3. The first-order valence-electron chi connectivity index (χ1n) is 7.10. The topological polar surface area (TPSA) is 55.4 Å². The summed E-state index contributed by atoms with van der Waals surface area (Å²) in [6.45, 7) is 1.18. The number of rotatable bonds is 5. The van der Waals surface area contributed by atoms with E-state index in [2.05, 4.69) is 5.32 Å². The molecule has 0 aromatic heterocycles. The third-order valence-corrected chi connectivity index (χ3v) is 3.03. The Hall–Kier alpha value is -3.02. The quantitative estimate of drug-likeness (QED) is 0.674. The number of hydrogen-bond donors (Lipinski definition) is 1. The van der Waals surface area contributed by atoms with E-state index in [1.54, 1.807) is 13.0 Å². The zero-order valence-electron chi connectivity index (χ0n) is 12.9. The molecule has 2 rings (SSSR count). The average molecular weight is 331 g/mol. The van der Waals surface area contributed by atoms with Gasteiger partial charge in [-0.3, -0.25) is 4.79 Å².